The van der Waals surface area contributed by atoms with E-state index in [9.17, 15) is 14.4 Å². The second kappa shape index (κ2) is 6.82. The Labute approximate surface area is 148 Å². The molecule has 0 fully saturated rings. The Morgan fingerprint density at radius 3 is 2.32 bits per heavy atom. The van der Waals surface area contributed by atoms with E-state index < -0.39 is 6.03 Å². The number of fused-ring (bicyclic) bond motifs is 1. The number of nitrogen functional groups attached to an aromatic ring is 1. The zero-order chi connectivity index (χ0) is 18.0. The van der Waals surface area contributed by atoms with Crippen molar-refractivity contribution >= 4 is 40.8 Å². The SMILES string of the molecule is Nc1ccc(NC(=O)NCCN2C(=O)c3ccccc3C2=O)c(Cl)c1. The fraction of sp³-hybridized carbons (Fsp3) is 0.118. The third-order valence-electron chi connectivity index (χ3n) is 3.74. The fourth-order valence-corrected chi connectivity index (χ4v) is 2.76. The van der Waals surface area contributed by atoms with Crippen molar-refractivity contribution in [2.45, 2.75) is 0 Å². The highest BCUT2D eigenvalue weighted by Gasteiger charge is 2.34. The van der Waals surface area contributed by atoms with Gasteiger partial charge in [-0.2, -0.15) is 0 Å². The molecule has 2 aromatic carbocycles. The molecule has 0 atom stereocenters. The molecule has 7 nitrogen and oxygen atoms in total. The second-order valence-electron chi connectivity index (χ2n) is 5.43. The van der Waals surface area contributed by atoms with Gasteiger partial charge in [0.25, 0.3) is 11.8 Å². The van der Waals surface area contributed by atoms with E-state index in [0.29, 0.717) is 27.5 Å². The van der Waals surface area contributed by atoms with Crippen molar-refractivity contribution in [1.82, 2.24) is 10.2 Å². The number of rotatable bonds is 4. The number of anilines is 2. The lowest BCUT2D eigenvalue weighted by Gasteiger charge is -2.15. The van der Waals surface area contributed by atoms with Gasteiger partial charge >= 0.3 is 6.03 Å². The molecule has 1 aliphatic heterocycles. The van der Waals surface area contributed by atoms with E-state index in [-0.39, 0.29) is 24.9 Å². The van der Waals surface area contributed by atoms with E-state index >= 15 is 0 Å². The quantitative estimate of drug-likeness (QED) is 0.576. The fourth-order valence-electron chi connectivity index (χ4n) is 2.52. The number of nitrogens with zero attached hydrogens (tertiary/aromatic N) is 1. The standard InChI is InChI=1S/C17H15ClN4O3/c18-13-9-10(19)5-6-14(13)21-17(25)20-7-8-22-15(23)11-3-1-2-4-12(11)16(22)24/h1-6,9H,7-8,19H2,(H2,20,21,25). The highest BCUT2D eigenvalue weighted by Crippen LogP contribution is 2.24. The summed E-state index contributed by atoms with van der Waals surface area (Å²) in [6.07, 6.45) is 0. The first kappa shape index (κ1) is 16.8. The number of nitrogens with two attached hydrogens (primary N) is 1. The van der Waals surface area contributed by atoms with Gasteiger partial charge in [0.1, 0.15) is 0 Å². The minimum Gasteiger partial charge on any atom is -0.399 e. The van der Waals surface area contributed by atoms with Crippen molar-refractivity contribution in [3.63, 3.8) is 0 Å². The van der Waals surface area contributed by atoms with Crippen LogP contribution in [0.3, 0.4) is 0 Å². The highest BCUT2D eigenvalue weighted by molar-refractivity contribution is 6.34. The number of hydrogen-bond donors (Lipinski definition) is 3. The zero-order valence-corrected chi connectivity index (χ0v) is 13.8. The van der Waals surface area contributed by atoms with Crippen LogP contribution in [0.1, 0.15) is 20.7 Å². The van der Waals surface area contributed by atoms with Crippen LogP contribution in [-0.4, -0.2) is 35.8 Å². The zero-order valence-electron chi connectivity index (χ0n) is 13.1. The van der Waals surface area contributed by atoms with Crippen LogP contribution in [0.15, 0.2) is 42.5 Å². The highest BCUT2D eigenvalue weighted by atomic mass is 35.5. The molecule has 0 aliphatic carbocycles. The van der Waals surface area contributed by atoms with Crippen molar-refractivity contribution < 1.29 is 14.4 Å². The lowest BCUT2D eigenvalue weighted by atomic mass is 10.1. The number of carbonyl (C=O) groups excluding carboxylic acids is 3. The predicted octanol–water partition coefficient (Wildman–Crippen LogP) is 2.34. The van der Waals surface area contributed by atoms with E-state index in [1.54, 1.807) is 36.4 Å². The van der Waals surface area contributed by atoms with Gasteiger partial charge in [0.05, 0.1) is 21.8 Å². The summed E-state index contributed by atoms with van der Waals surface area (Å²) < 4.78 is 0. The van der Waals surface area contributed by atoms with Crippen LogP contribution in [0.25, 0.3) is 0 Å². The molecular weight excluding hydrogens is 344 g/mol. The van der Waals surface area contributed by atoms with Gasteiger partial charge in [-0.15, -0.1) is 0 Å². The number of carbonyl (C=O) groups is 3. The van der Waals surface area contributed by atoms with Crippen molar-refractivity contribution in [3.8, 4) is 0 Å². The van der Waals surface area contributed by atoms with E-state index in [1.165, 1.54) is 6.07 Å². The summed E-state index contributed by atoms with van der Waals surface area (Å²) in [5.41, 5.74) is 7.25. The first-order valence-corrected chi connectivity index (χ1v) is 7.90. The van der Waals surface area contributed by atoms with Crippen LogP contribution in [0.2, 0.25) is 5.02 Å². The van der Waals surface area contributed by atoms with Crippen LogP contribution < -0.4 is 16.4 Å². The third kappa shape index (κ3) is 3.41. The Bertz CT molecular complexity index is 834. The number of imide groups is 1. The van der Waals surface area contributed by atoms with Crippen molar-refractivity contribution in [2.75, 3.05) is 24.1 Å². The van der Waals surface area contributed by atoms with Gasteiger partial charge in [-0.05, 0) is 30.3 Å². The van der Waals surface area contributed by atoms with Gasteiger partial charge in [-0.1, -0.05) is 23.7 Å². The summed E-state index contributed by atoms with van der Waals surface area (Å²) in [7, 11) is 0. The molecule has 8 heteroatoms. The molecule has 1 aliphatic rings. The summed E-state index contributed by atoms with van der Waals surface area (Å²) in [6.45, 7) is 0.194. The van der Waals surface area contributed by atoms with Crippen molar-refractivity contribution in [1.29, 1.82) is 0 Å². The van der Waals surface area contributed by atoms with E-state index in [2.05, 4.69) is 10.6 Å². The molecule has 0 aromatic heterocycles. The monoisotopic (exact) mass is 358 g/mol. The molecule has 4 N–H and O–H groups in total. The molecule has 0 saturated carbocycles. The molecule has 3 rings (SSSR count). The van der Waals surface area contributed by atoms with Gasteiger partial charge < -0.3 is 16.4 Å². The Balaban J connectivity index is 1.54. The average molecular weight is 359 g/mol. The number of urea groups is 1. The molecule has 2 aromatic rings. The van der Waals surface area contributed by atoms with Crippen LogP contribution in [0.5, 0.6) is 0 Å². The molecule has 4 amide bonds. The summed E-state index contributed by atoms with van der Waals surface area (Å²) in [5.74, 6) is -0.714. The molecule has 0 bridgehead atoms. The van der Waals surface area contributed by atoms with Crippen molar-refractivity contribution in [3.05, 3.63) is 58.6 Å². The summed E-state index contributed by atoms with van der Waals surface area (Å²) in [5, 5.41) is 5.47. The smallest absolute Gasteiger partial charge is 0.319 e. The van der Waals surface area contributed by atoms with E-state index in [0.717, 1.165) is 4.90 Å². The number of nitrogens with one attached hydrogen (secondary N) is 2. The maximum absolute atomic E-state index is 12.2. The predicted molar refractivity (Wildman–Crippen MR) is 94.7 cm³/mol. The second-order valence-corrected chi connectivity index (χ2v) is 5.83. The van der Waals surface area contributed by atoms with E-state index in [4.69, 9.17) is 17.3 Å². The summed E-state index contributed by atoms with van der Waals surface area (Å²) in [6, 6.07) is 10.9. The molecule has 0 spiro atoms. The summed E-state index contributed by atoms with van der Waals surface area (Å²) >= 11 is 5.98. The number of benzene rings is 2. The topological polar surface area (TPSA) is 105 Å². The number of halogens is 1. The lowest BCUT2D eigenvalue weighted by Crippen LogP contribution is -2.39. The third-order valence-corrected chi connectivity index (χ3v) is 4.05. The summed E-state index contributed by atoms with van der Waals surface area (Å²) in [4.78, 5) is 37.4. The van der Waals surface area contributed by atoms with Crippen LogP contribution in [0.4, 0.5) is 16.2 Å². The van der Waals surface area contributed by atoms with E-state index in [1.807, 2.05) is 0 Å². The normalized spacial score (nSPS) is 12.9. The maximum Gasteiger partial charge on any atom is 0.319 e. The minimum absolute atomic E-state index is 0.0786. The molecule has 0 unspecified atom stereocenters. The Kier molecular flexibility index (Phi) is 4.58. The van der Waals surface area contributed by atoms with Gasteiger partial charge in [-0.25, -0.2) is 4.79 Å². The molecule has 0 saturated heterocycles. The van der Waals surface area contributed by atoms with Gasteiger partial charge in [0, 0.05) is 18.8 Å². The molecule has 128 valence electrons. The van der Waals surface area contributed by atoms with Gasteiger partial charge in [0.15, 0.2) is 0 Å². The first-order valence-electron chi connectivity index (χ1n) is 7.52. The maximum atomic E-state index is 12.2. The first-order chi connectivity index (χ1) is 12.0. The van der Waals surface area contributed by atoms with Crippen LogP contribution in [-0.2, 0) is 0 Å². The largest absolute Gasteiger partial charge is 0.399 e. The van der Waals surface area contributed by atoms with Crippen LogP contribution >= 0.6 is 11.6 Å². The Morgan fingerprint density at radius 2 is 1.72 bits per heavy atom. The number of hydrogen-bond acceptors (Lipinski definition) is 4. The van der Waals surface area contributed by atoms with Crippen molar-refractivity contribution in [2.24, 2.45) is 0 Å². The Morgan fingerprint density at radius 1 is 1.08 bits per heavy atom. The lowest BCUT2D eigenvalue weighted by molar-refractivity contribution is 0.0656. The molecular formula is C17H15ClN4O3. The molecule has 1 heterocycles. The average Bonchev–Trinajstić information content (AvgIpc) is 2.83. The molecule has 25 heavy (non-hydrogen) atoms. The van der Waals surface area contributed by atoms with Crippen LogP contribution in [0, 0.1) is 0 Å². The Hall–Kier alpha value is -3.06. The molecule has 0 radical (unpaired) electrons. The van der Waals surface area contributed by atoms with Gasteiger partial charge in [-0.3, -0.25) is 14.5 Å². The van der Waals surface area contributed by atoms with Gasteiger partial charge in [0.2, 0.25) is 0 Å². The number of amides is 4. The minimum atomic E-state index is -0.497.